The zero-order valence-electron chi connectivity index (χ0n) is 25.7. The second-order valence-corrected chi connectivity index (χ2v) is 20.3. The third-order valence-electron chi connectivity index (χ3n) is 6.60. The molecule has 0 fully saturated rings. The molecule has 0 saturated heterocycles. The Kier molecular flexibility index (Phi) is 25.3. The summed E-state index contributed by atoms with van der Waals surface area (Å²) in [6.45, 7) is 4.58. The van der Waals surface area contributed by atoms with Crippen LogP contribution < -0.4 is 0 Å². The second kappa shape index (κ2) is 27.1. The topological polar surface area (TPSA) is 47.6 Å². The summed E-state index contributed by atoms with van der Waals surface area (Å²) in [6, 6.07) is 4.56. The van der Waals surface area contributed by atoms with Crippen molar-refractivity contribution in [2.24, 2.45) is 0 Å². The molecule has 2 nitrogen and oxygen atoms in total. The van der Waals surface area contributed by atoms with E-state index in [1.54, 1.807) is 0 Å². The summed E-state index contributed by atoms with van der Waals surface area (Å²) in [5, 5.41) is 18.1. The molecule has 0 aromatic heterocycles. The van der Waals surface area contributed by atoms with Gasteiger partial charge in [-0.3, -0.25) is 0 Å². The van der Waals surface area contributed by atoms with Gasteiger partial charge in [0.25, 0.3) is 0 Å². The van der Waals surface area contributed by atoms with E-state index in [1.807, 2.05) is 70.6 Å². The zero-order valence-corrected chi connectivity index (χ0v) is 32.2. The van der Waals surface area contributed by atoms with Crippen LogP contribution in [0.2, 0.25) is 0 Å². The van der Waals surface area contributed by atoms with Crippen molar-refractivity contribution in [2.75, 3.05) is 23.0 Å². The molecule has 0 atom stereocenters. The Labute approximate surface area is 292 Å². The molecule has 10 heteroatoms. The van der Waals surface area contributed by atoms with Crippen molar-refractivity contribution in [1.29, 1.82) is 10.5 Å². The summed E-state index contributed by atoms with van der Waals surface area (Å²) in [4.78, 5) is 0. The van der Waals surface area contributed by atoms with Crippen molar-refractivity contribution in [3.63, 3.8) is 0 Å². The molecule has 0 aromatic rings. The number of nitrogens with zero attached hydrogens (tertiary/aromatic N) is 2. The number of hydrogen-bond donors (Lipinski definition) is 0. The Morgan fingerprint density at radius 3 is 1.02 bits per heavy atom. The molecular formula is C32H50N2S8. The normalized spacial score (nSPS) is 15.2. The van der Waals surface area contributed by atoms with E-state index >= 15 is 0 Å². The van der Waals surface area contributed by atoms with Crippen LogP contribution in [0.5, 0.6) is 0 Å². The van der Waals surface area contributed by atoms with Gasteiger partial charge in [-0.05, 0) is 24.3 Å². The lowest BCUT2D eigenvalue weighted by molar-refractivity contribution is 0.586. The molecule has 0 amide bonds. The first-order valence-electron chi connectivity index (χ1n) is 15.9. The highest BCUT2D eigenvalue weighted by molar-refractivity contribution is 8.45. The molecule has 2 aliphatic rings. The third-order valence-corrected chi connectivity index (χ3v) is 18.3. The van der Waals surface area contributed by atoms with Crippen molar-refractivity contribution in [3.05, 3.63) is 25.4 Å². The van der Waals surface area contributed by atoms with Crippen molar-refractivity contribution in [3.8, 4) is 12.1 Å². The average molecular weight is 719 g/mol. The number of nitriles is 2. The number of hydrogen-bond acceptors (Lipinski definition) is 10. The van der Waals surface area contributed by atoms with Crippen LogP contribution in [0.25, 0.3) is 0 Å². The van der Waals surface area contributed by atoms with Crippen molar-refractivity contribution >= 4 is 94.1 Å². The van der Waals surface area contributed by atoms with Gasteiger partial charge >= 0.3 is 0 Å². The van der Waals surface area contributed by atoms with Crippen LogP contribution in [-0.4, -0.2) is 23.0 Å². The summed E-state index contributed by atoms with van der Waals surface area (Å²) < 4.78 is 8.55. The first-order valence-corrected chi connectivity index (χ1v) is 23.1. The molecule has 0 saturated carbocycles. The van der Waals surface area contributed by atoms with E-state index in [-0.39, 0.29) is 0 Å². The van der Waals surface area contributed by atoms with Crippen LogP contribution in [0, 0.1) is 22.7 Å². The highest BCUT2D eigenvalue weighted by atomic mass is 32.3. The number of thioether (sulfide) groups is 8. The first kappa shape index (κ1) is 39.2. The van der Waals surface area contributed by atoms with Crippen LogP contribution in [0.1, 0.15) is 129 Å². The molecule has 2 rings (SSSR count). The molecule has 0 bridgehead atoms. The molecule has 0 aliphatic carbocycles. The standard InChI is InChI=1S/C32H50N2S8/c1-3-5-7-9-11-13-15-17-23-35-27-28(36-24-18-16-14-12-10-8-6-4-2)40-31(39-27)32-41-29(37-25-19-21-33)30(42-32)38-26-20-22-34/h3-20,23-26H2,1-2H3. The average Bonchev–Trinajstić information content (AvgIpc) is 3.59. The van der Waals surface area contributed by atoms with Gasteiger partial charge in [-0.1, -0.05) is 151 Å². The van der Waals surface area contributed by atoms with E-state index < -0.39 is 0 Å². The van der Waals surface area contributed by atoms with Gasteiger partial charge in [0.1, 0.15) is 0 Å². The Bertz CT molecular complexity index is 862. The molecule has 0 spiro atoms. The van der Waals surface area contributed by atoms with E-state index in [0.29, 0.717) is 12.8 Å². The minimum Gasteiger partial charge on any atom is -0.198 e. The lowest BCUT2D eigenvalue weighted by Crippen LogP contribution is -1.85. The van der Waals surface area contributed by atoms with Crippen molar-refractivity contribution in [1.82, 2.24) is 0 Å². The van der Waals surface area contributed by atoms with Crippen molar-refractivity contribution < 1.29 is 0 Å². The largest absolute Gasteiger partial charge is 0.198 e. The maximum atomic E-state index is 9.03. The Morgan fingerprint density at radius 1 is 0.429 bits per heavy atom. The third kappa shape index (κ3) is 17.6. The zero-order chi connectivity index (χ0) is 30.1. The molecule has 0 aromatic carbocycles. The van der Waals surface area contributed by atoms with E-state index in [4.69, 9.17) is 10.5 Å². The highest BCUT2D eigenvalue weighted by Gasteiger charge is 2.30. The van der Waals surface area contributed by atoms with Gasteiger partial charge in [-0.25, -0.2) is 0 Å². The molecule has 2 aliphatic heterocycles. The maximum Gasteiger partial charge on any atom is 0.0717 e. The lowest BCUT2D eigenvalue weighted by atomic mass is 10.1. The van der Waals surface area contributed by atoms with Crippen molar-refractivity contribution in [2.45, 2.75) is 129 Å². The van der Waals surface area contributed by atoms with Gasteiger partial charge in [-0.15, -0.1) is 47.0 Å². The Hall–Kier alpha value is 1.000. The fraction of sp³-hybridized carbons (Fsp3) is 0.750. The van der Waals surface area contributed by atoms with Crippen LogP contribution >= 0.6 is 94.1 Å². The summed E-state index contributed by atoms with van der Waals surface area (Å²) in [5.41, 5.74) is 0. The Balaban J connectivity index is 1.90. The van der Waals surface area contributed by atoms with Gasteiger partial charge < -0.3 is 0 Å². The number of unbranched alkanes of at least 4 members (excludes halogenated alkanes) is 14. The number of rotatable bonds is 26. The molecule has 0 N–H and O–H groups in total. The fourth-order valence-electron chi connectivity index (χ4n) is 4.25. The lowest BCUT2D eigenvalue weighted by Gasteiger charge is -2.06. The molecule has 2 heterocycles. The molecular weight excluding hydrogens is 669 g/mol. The van der Waals surface area contributed by atoms with Gasteiger partial charge in [0.05, 0.1) is 37.6 Å². The SMILES string of the molecule is CCCCCCCCCCSC1=C(SCCCCCCCCCC)SC(=C2SC(SCCC#N)=C(SCCC#N)S2)S1. The monoisotopic (exact) mass is 718 g/mol. The molecule has 0 radical (unpaired) electrons. The quantitative estimate of drug-likeness (QED) is 0.0808. The molecule has 236 valence electrons. The van der Waals surface area contributed by atoms with E-state index in [1.165, 1.54) is 140 Å². The van der Waals surface area contributed by atoms with Gasteiger partial charge in [-0.2, -0.15) is 10.5 Å². The summed E-state index contributed by atoms with van der Waals surface area (Å²) >= 11 is 15.6. The predicted octanol–water partition coefficient (Wildman–Crippen LogP) is 14.4. The summed E-state index contributed by atoms with van der Waals surface area (Å²) in [5.74, 6) is 4.13. The van der Waals surface area contributed by atoms with Crippen LogP contribution in [-0.2, 0) is 0 Å². The fourth-order valence-corrected chi connectivity index (χ4v) is 16.2. The van der Waals surface area contributed by atoms with E-state index in [9.17, 15) is 0 Å². The van der Waals surface area contributed by atoms with E-state index in [2.05, 4.69) is 49.5 Å². The minimum atomic E-state index is 0.575. The first-order chi connectivity index (χ1) is 20.7. The van der Waals surface area contributed by atoms with Crippen LogP contribution in [0.3, 0.4) is 0 Å². The Morgan fingerprint density at radius 2 is 0.714 bits per heavy atom. The van der Waals surface area contributed by atoms with Gasteiger partial charge in [0, 0.05) is 24.3 Å². The predicted molar refractivity (Wildman–Crippen MR) is 207 cm³/mol. The summed E-state index contributed by atoms with van der Waals surface area (Å²) in [6.07, 6.45) is 23.2. The summed E-state index contributed by atoms with van der Waals surface area (Å²) in [7, 11) is 0. The smallest absolute Gasteiger partial charge is 0.0717 e. The highest BCUT2D eigenvalue weighted by Crippen LogP contribution is 2.66. The molecule has 42 heavy (non-hydrogen) atoms. The second-order valence-electron chi connectivity index (χ2n) is 10.3. The minimum absolute atomic E-state index is 0.575. The molecule has 0 unspecified atom stereocenters. The van der Waals surface area contributed by atoms with Crippen LogP contribution in [0.15, 0.2) is 25.4 Å². The van der Waals surface area contributed by atoms with Gasteiger partial charge in [0.2, 0.25) is 0 Å². The van der Waals surface area contributed by atoms with E-state index in [0.717, 1.165) is 11.5 Å². The van der Waals surface area contributed by atoms with Crippen LogP contribution in [0.4, 0.5) is 0 Å². The maximum absolute atomic E-state index is 9.03. The van der Waals surface area contributed by atoms with Gasteiger partial charge in [0.15, 0.2) is 0 Å².